The van der Waals surface area contributed by atoms with E-state index in [1.165, 1.54) is 6.07 Å². The third-order valence-corrected chi connectivity index (χ3v) is 3.03. The van der Waals surface area contributed by atoms with Crippen LogP contribution >= 0.6 is 0 Å². The number of hydrogen-bond donors (Lipinski definition) is 2. The lowest BCUT2D eigenvalue weighted by atomic mass is 10.2. The number of hydrogen-bond acceptors (Lipinski definition) is 5. The van der Waals surface area contributed by atoms with Crippen molar-refractivity contribution in [2.45, 2.75) is 26.2 Å². The molecule has 0 aliphatic rings. The Hall–Kier alpha value is -2.63. The lowest BCUT2D eigenvalue weighted by molar-refractivity contribution is 0.0698. The van der Waals surface area contributed by atoms with Gasteiger partial charge in [0.2, 0.25) is 0 Å². The van der Waals surface area contributed by atoms with Crippen LogP contribution in [0.5, 0.6) is 6.01 Å². The van der Waals surface area contributed by atoms with Gasteiger partial charge in [-0.25, -0.2) is 9.78 Å². The van der Waals surface area contributed by atoms with Gasteiger partial charge in [0.25, 0.3) is 0 Å². The first-order chi connectivity index (χ1) is 10.7. The number of anilines is 2. The summed E-state index contributed by atoms with van der Waals surface area (Å²) in [4.78, 5) is 19.5. The highest BCUT2D eigenvalue weighted by Gasteiger charge is 2.10. The van der Waals surface area contributed by atoms with Crippen molar-refractivity contribution in [2.75, 3.05) is 11.9 Å². The van der Waals surface area contributed by atoms with Crippen LogP contribution in [-0.4, -0.2) is 27.7 Å². The lowest BCUT2D eigenvalue weighted by Gasteiger charge is -2.09. The Kier molecular flexibility index (Phi) is 5.71. The molecule has 2 aromatic rings. The predicted molar refractivity (Wildman–Crippen MR) is 83.7 cm³/mol. The van der Waals surface area contributed by atoms with E-state index in [2.05, 4.69) is 22.2 Å². The van der Waals surface area contributed by atoms with E-state index in [0.717, 1.165) is 19.3 Å². The molecular weight excluding hydrogens is 282 g/mol. The van der Waals surface area contributed by atoms with Gasteiger partial charge in [-0.15, -0.1) is 0 Å². The average molecular weight is 301 g/mol. The average Bonchev–Trinajstić information content (AvgIpc) is 2.52. The van der Waals surface area contributed by atoms with Crippen LogP contribution < -0.4 is 10.1 Å². The molecule has 0 atom stereocenters. The number of aromatic carboxylic acids is 1. The zero-order valence-electron chi connectivity index (χ0n) is 12.5. The quantitative estimate of drug-likeness (QED) is 0.726. The topological polar surface area (TPSA) is 84.3 Å². The van der Waals surface area contributed by atoms with Crippen LogP contribution in [0.1, 0.15) is 36.5 Å². The maximum Gasteiger partial charge on any atom is 0.337 e. The van der Waals surface area contributed by atoms with Gasteiger partial charge in [0.15, 0.2) is 0 Å². The first-order valence-corrected chi connectivity index (χ1v) is 7.26. The van der Waals surface area contributed by atoms with E-state index < -0.39 is 5.97 Å². The minimum Gasteiger partial charge on any atom is -0.478 e. The number of ether oxygens (including phenoxy) is 1. The van der Waals surface area contributed by atoms with Crippen LogP contribution in [0, 0.1) is 0 Å². The molecule has 6 heteroatoms. The zero-order chi connectivity index (χ0) is 15.8. The Morgan fingerprint density at radius 1 is 1.27 bits per heavy atom. The summed E-state index contributed by atoms with van der Waals surface area (Å²) < 4.78 is 5.49. The van der Waals surface area contributed by atoms with Crippen LogP contribution in [0.15, 0.2) is 36.5 Å². The van der Waals surface area contributed by atoms with Crippen molar-refractivity contribution in [2.24, 2.45) is 0 Å². The molecule has 0 unspecified atom stereocenters. The molecule has 6 nitrogen and oxygen atoms in total. The number of carboxylic acids is 1. The summed E-state index contributed by atoms with van der Waals surface area (Å²) >= 11 is 0. The highest BCUT2D eigenvalue weighted by molar-refractivity contribution is 5.94. The Bertz CT molecular complexity index is 632. The molecule has 1 heterocycles. The fourth-order valence-corrected chi connectivity index (χ4v) is 1.91. The van der Waals surface area contributed by atoms with Crippen LogP contribution in [0.25, 0.3) is 0 Å². The maximum atomic E-state index is 11.2. The minimum atomic E-state index is -0.992. The molecule has 0 radical (unpaired) electrons. The Labute approximate surface area is 129 Å². The third kappa shape index (κ3) is 4.44. The maximum absolute atomic E-state index is 11.2. The number of nitrogens with one attached hydrogen (secondary N) is 1. The predicted octanol–water partition coefficient (Wildman–Crippen LogP) is 3.49. The molecule has 1 aromatic carbocycles. The Morgan fingerprint density at radius 3 is 2.86 bits per heavy atom. The van der Waals surface area contributed by atoms with Gasteiger partial charge in [0.1, 0.15) is 5.82 Å². The van der Waals surface area contributed by atoms with Crippen molar-refractivity contribution in [1.29, 1.82) is 0 Å². The van der Waals surface area contributed by atoms with Crippen molar-refractivity contribution < 1.29 is 14.6 Å². The van der Waals surface area contributed by atoms with Gasteiger partial charge in [0, 0.05) is 6.20 Å². The molecule has 22 heavy (non-hydrogen) atoms. The monoisotopic (exact) mass is 301 g/mol. The molecule has 0 aliphatic heterocycles. The number of unbranched alkanes of at least 4 members (excludes halogenated alkanes) is 2. The van der Waals surface area contributed by atoms with Crippen molar-refractivity contribution in [3.63, 3.8) is 0 Å². The fourth-order valence-electron chi connectivity index (χ4n) is 1.91. The van der Waals surface area contributed by atoms with Gasteiger partial charge in [0.05, 0.1) is 17.9 Å². The van der Waals surface area contributed by atoms with Gasteiger partial charge in [-0.2, -0.15) is 4.98 Å². The summed E-state index contributed by atoms with van der Waals surface area (Å²) in [6, 6.07) is 8.61. The van der Waals surface area contributed by atoms with E-state index in [4.69, 9.17) is 9.84 Å². The van der Waals surface area contributed by atoms with Gasteiger partial charge < -0.3 is 15.2 Å². The van der Waals surface area contributed by atoms with E-state index in [0.29, 0.717) is 18.1 Å². The van der Waals surface area contributed by atoms with E-state index in [-0.39, 0.29) is 11.6 Å². The Morgan fingerprint density at radius 2 is 2.09 bits per heavy atom. The van der Waals surface area contributed by atoms with Gasteiger partial charge >= 0.3 is 12.0 Å². The van der Waals surface area contributed by atoms with E-state index in [1.807, 2.05) is 0 Å². The normalized spacial score (nSPS) is 10.2. The number of benzene rings is 1. The van der Waals surface area contributed by atoms with Gasteiger partial charge in [-0.1, -0.05) is 31.9 Å². The first-order valence-electron chi connectivity index (χ1n) is 7.26. The fraction of sp³-hybridized carbons (Fsp3) is 0.312. The molecule has 0 bridgehead atoms. The third-order valence-electron chi connectivity index (χ3n) is 3.03. The van der Waals surface area contributed by atoms with Crippen molar-refractivity contribution >= 4 is 17.5 Å². The molecular formula is C16H19N3O3. The van der Waals surface area contributed by atoms with E-state index in [1.54, 1.807) is 30.5 Å². The van der Waals surface area contributed by atoms with Crippen LogP contribution in [0.4, 0.5) is 11.5 Å². The largest absolute Gasteiger partial charge is 0.478 e. The number of para-hydroxylation sites is 1. The summed E-state index contributed by atoms with van der Waals surface area (Å²) in [6.45, 7) is 2.70. The smallest absolute Gasteiger partial charge is 0.337 e. The molecule has 1 aromatic heterocycles. The Balaban J connectivity index is 2.06. The number of nitrogens with zero attached hydrogens (tertiary/aromatic N) is 2. The summed E-state index contributed by atoms with van der Waals surface area (Å²) in [6.07, 6.45) is 4.76. The second-order valence-electron chi connectivity index (χ2n) is 4.76. The second kappa shape index (κ2) is 7.97. The molecule has 0 fully saturated rings. The number of carbonyl (C=O) groups is 1. The summed E-state index contributed by atoms with van der Waals surface area (Å²) in [5, 5.41) is 12.2. The lowest BCUT2D eigenvalue weighted by Crippen LogP contribution is -2.05. The zero-order valence-corrected chi connectivity index (χ0v) is 12.5. The van der Waals surface area contributed by atoms with Gasteiger partial charge in [-0.05, 0) is 24.6 Å². The minimum absolute atomic E-state index is 0.187. The van der Waals surface area contributed by atoms with Crippen molar-refractivity contribution in [1.82, 2.24) is 9.97 Å². The highest BCUT2D eigenvalue weighted by atomic mass is 16.5. The summed E-state index contributed by atoms with van der Waals surface area (Å²) in [7, 11) is 0. The summed E-state index contributed by atoms with van der Waals surface area (Å²) in [5.41, 5.74) is 0.664. The molecule has 0 saturated carbocycles. The van der Waals surface area contributed by atoms with Crippen LogP contribution in [-0.2, 0) is 0 Å². The van der Waals surface area contributed by atoms with Crippen LogP contribution in [0.2, 0.25) is 0 Å². The standard InChI is InChI=1S/C16H19N3O3/c1-2-3-6-11-22-16-17-10-9-14(19-16)18-13-8-5-4-7-12(13)15(20)21/h4-5,7-10H,2-3,6,11H2,1H3,(H,20,21)(H,17,18,19). The molecule has 116 valence electrons. The first kappa shape index (κ1) is 15.8. The molecule has 2 N–H and O–H groups in total. The van der Waals surface area contributed by atoms with E-state index >= 15 is 0 Å². The number of carboxylic acid groups (broad SMARTS) is 1. The molecule has 0 amide bonds. The van der Waals surface area contributed by atoms with Crippen LogP contribution in [0.3, 0.4) is 0 Å². The second-order valence-corrected chi connectivity index (χ2v) is 4.76. The SMILES string of the molecule is CCCCCOc1nccc(Nc2ccccc2C(=O)O)n1. The van der Waals surface area contributed by atoms with E-state index in [9.17, 15) is 4.79 Å². The number of aromatic nitrogens is 2. The molecule has 0 aliphatic carbocycles. The summed E-state index contributed by atoms with van der Waals surface area (Å²) in [5.74, 6) is -0.498. The van der Waals surface area contributed by atoms with Gasteiger partial charge in [-0.3, -0.25) is 0 Å². The highest BCUT2D eigenvalue weighted by Crippen LogP contribution is 2.20. The van der Waals surface area contributed by atoms with Crippen molar-refractivity contribution in [3.8, 4) is 6.01 Å². The molecule has 0 spiro atoms. The molecule has 0 saturated heterocycles. The van der Waals surface area contributed by atoms with Crippen molar-refractivity contribution in [3.05, 3.63) is 42.1 Å². The molecule has 2 rings (SSSR count). The number of rotatable bonds is 8.